The highest BCUT2D eigenvalue weighted by atomic mass is 16.5. The molecular formula is C13H19N3O3. The number of likely N-dealkylation sites (N-methyl/N-ethyl adjacent to an activating group) is 1. The van der Waals surface area contributed by atoms with Crippen LogP contribution in [0, 0.1) is 0 Å². The molecule has 6 heteroatoms. The Balaban J connectivity index is 2.02. The maximum Gasteiger partial charge on any atom is 0.337 e. The summed E-state index contributed by atoms with van der Waals surface area (Å²) in [5.74, 6) is -0.968. The number of ether oxygens (including phenoxy) is 1. The molecule has 0 spiro atoms. The second-order valence-electron chi connectivity index (χ2n) is 4.75. The van der Waals surface area contributed by atoms with Gasteiger partial charge in [0.05, 0.1) is 24.0 Å². The van der Waals surface area contributed by atoms with Gasteiger partial charge in [0.25, 0.3) is 0 Å². The molecule has 1 saturated heterocycles. The fourth-order valence-corrected chi connectivity index (χ4v) is 2.11. The zero-order chi connectivity index (χ0) is 13.8. The molecule has 1 atom stereocenters. The number of benzene rings is 1. The number of hydrogen-bond donors (Lipinski definition) is 3. The van der Waals surface area contributed by atoms with E-state index in [-0.39, 0.29) is 11.7 Å². The fourth-order valence-electron chi connectivity index (χ4n) is 2.11. The van der Waals surface area contributed by atoms with E-state index >= 15 is 0 Å². The van der Waals surface area contributed by atoms with E-state index in [0.717, 1.165) is 13.1 Å². The zero-order valence-corrected chi connectivity index (χ0v) is 10.9. The first kappa shape index (κ1) is 13.6. The van der Waals surface area contributed by atoms with Gasteiger partial charge in [-0.25, -0.2) is 4.79 Å². The van der Waals surface area contributed by atoms with E-state index in [1.165, 1.54) is 6.07 Å². The van der Waals surface area contributed by atoms with Crippen LogP contribution in [0.25, 0.3) is 0 Å². The number of nitrogen functional groups attached to an aromatic ring is 1. The molecule has 0 amide bonds. The standard InChI is InChI=1S/C13H19N3O3/c1-16-4-5-19-10(8-16)7-15-12-6-9(14)2-3-11(12)13(17)18/h2-3,6,10,15H,4-5,7-8,14H2,1H3,(H,17,18). The molecule has 0 bridgehead atoms. The summed E-state index contributed by atoms with van der Waals surface area (Å²) in [6.07, 6.45) is 0.0572. The number of nitrogens with zero attached hydrogens (tertiary/aromatic N) is 1. The fraction of sp³-hybridized carbons (Fsp3) is 0.462. The van der Waals surface area contributed by atoms with Gasteiger partial charge in [-0.15, -0.1) is 0 Å². The molecule has 0 aromatic heterocycles. The van der Waals surface area contributed by atoms with Gasteiger partial charge in [-0.1, -0.05) is 0 Å². The van der Waals surface area contributed by atoms with Crippen molar-refractivity contribution in [2.45, 2.75) is 6.10 Å². The average Bonchev–Trinajstić information content (AvgIpc) is 2.36. The van der Waals surface area contributed by atoms with Gasteiger partial charge in [-0.3, -0.25) is 0 Å². The summed E-state index contributed by atoms with van der Waals surface area (Å²) < 4.78 is 5.62. The highest BCUT2D eigenvalue weighted by Gasteiger charge is 2.18. The molecule has 1 aromatic carbocycles. The van der Waals surface area contributed by atoms with E-state index in [1.54, 1.807) is 12.1 Å². The van der Waals surface area contributed by atoms with E-state index in [4.69, 9.17) is 15.6 Å². The van der Waals surface area contributed by atoms with Crippen molar-refractivity contribution < 1.29 is 14.6 Å². The van der Waals surface area contributed by atoms with Crippen LogP contribution in [0.15, 0.2) is 18.2 Å². The van der Waals surface area contributed by atoms with Crippen molar-refractivity contribution in [2.24, 2.45) is 0 Å². The number of anilines is 2. The Labute approximate surface area is 112 Å². The Kier molecular flexibility index (Phi) is 4.24. The summed E-state index contributed by atoms with van der Waals surface area (Å²) in [6.45, 7) is 3.02. The largest absolute Gasteiger partial charge is 0.478 e. The minimum Gasteiger partial charge on any atom is -0.478 e. The molecule has 4 N–H and O–H groups in total. The molecule has 1 unspecified atom stereocenters. The second-order valence-corrected chi connectivity index (χ2v) is 4.75. The number of hydrogen-bond acceptors (Lipinski definition) is 5. The third kappa shape index (κ3) is 3.59. The number of carbonyl (C=O) groups is 1. The van der Waals surface area contributed by atoms with Gasteiger partial charge in [-0.2, -0.15) is 0 Å². The molecule has 0 aliphatic carbocycles. The van der Waals surface area contributed by atoms with Crippen LogP contribution >= 0.6 is 0 Å². The lowest BCUT2D eigenvalue weighted by atomic mass is 10.1. The SMILES string of the molecule is CN1CCOC(CNc2cc(N)ccc2C(=O)O)C1. The maximum atomic E-state index is 11.1. The maximum absolute atomic E-state index is 11.1. The Morgan fingerprint density at radius 1 is 1.63 bits per heavy atom. The molecule has 1 heterocycles. The molecule has 1 aliphatic rings. The van der Waals surface area contributed by atoms with Crippen LogP contribution < -0.4 is 11.1 Å². The molecule has 1 fully saturated rings. The van der Waals surface area contributed by atoms with Gasteiger partial charge in [0, 0.05) is 25.3 Å². The van der Waals surface area contributed by atoms with Gasteiger partial charge >= 0.3 is 5.97 Å². The number of carboxylic acid groups (broad SMARTS) is 1. The van der Waals surface area contributed by atoms with E-state index < -0.39 is 5.97 Å². The minimum absolute atomic E-state index is 0.0572. The molecule has 104 valence electrons. The molecule has 1 aliphatic heterocycles. The first-order valence-corrected chi connectivity index (χ1v) is 6.23. The zero-order valence-electron chi connectivity index (χ0n) is 10.9. The quantitative estimate of drug-likeness (QED) is 0.695. The smallest absolute Gasteiger partial charge is 0.337 e. The van der Waals surface area contributed by atoms with Gasteiger partial charge in [-0.05, 0) is 25.2 Å². The molecule has 0 saturated carbocycles. The van der Waals surface area contributed by atoms with E-state index in [0.29, 0.717) is 24.5 Å². The predicted octanol–water partition coefficient (Wildman–Crippen LogP) is 0.709. The molecule has 0 radical (unpaired) electrons. The number of nitrogens with one attached hydrogen (secondary N) is 1. The molecule has 2 rings (SSSR count). The van der Waals surface area contributed by atoms with Gasteiger partial charge in [0.15, 0.2) is 0 Å². The molecule has 19 heavy (non-hydrogen) atoms. The van der Waals surface area contributed by atoms with Gasteiger partial charge in [0.2, 0.25) is 0 Å². The molecule has 6 nitrogen and oxygen atoms in total. The molecule has 1 aromatic rings. The summed E-state index contributed by atoms with van der Waals surface area (Å²) in [5, 5.41) is 12.2. The summed E-state index contributed by atoms with van der Waals surface area (Å²) in [6, 6.07) is 4.73. The third-order valence-electron chi connectivity index (χ3n) is 3.14. The minimum atomic E-state index is -0.968. The number of rotatable bonds is 4. The van der Waals surface area contributed by atoms with E-state index in [1.807, 2.05) is 7.05 Å². The van der Waals surface area contributed by atoms with E-state index in [2.05, 4.69) is 10.2 Å². The van der Waals surface area contributed by atoms with Crippen LogP contribution in [0.2, 0.25) is 0 Å². The van der Waals surface area contributed by atoms with Gasteiger partial charge < -0.3 is 25.8 Å². The first-order valence-electron chi connectivity index (χ1n) is 6.23. The highest BCUT2D eigenvalue weighted by Crippen LogP contribution is 2.19. The number of aromatic carboxylic acids is 1. The Bertz CT molecular complexity index is 464. The van der Waals surface area contributed by atoms with Crippen LogP contribution in [0.1, 0.15) is 10.4 Å². The Morgan fingerprint density at radius 2 is 2.42 bits per heavy atom. The number of nitrogens with two attached hydrogens (primary N) is 1. The van der Waals surface area contributed by atoms with Gasteiger partial charge in [0.1, 0.15) is 0 Å². The van der Waals surface area contributed by atoms with Crippen molar-refractivity contribution in [3.8, 4) is 0 Å². The van der Waals surface area contributed by atoms with Crippen LogP contribution in [0.5, 0.6) is 0 Å². The lowest BCUT2D eigenvalue weighted by Gasteiger charge is -2.30. The Morgan fingerprint density at radius 3 is 3.11 bits per heavy atom. The van der Waals surface area contributed by atoms with E-state index in [9.17, 15) is 4.79 Å². The molecular weight excluding hydrogens is 246 g/mol. The normalized spacial score (nSPS) is 20.2. The van der Waals surface area contributed by atoms with Crippen LogP contribution in [0.4, 0.5) is 11.4 Å². The summed E-state index contributed by atoms with van der Waals surface area (Å²) in [5.41, 5.74) is 6.97. The van der Waals surface area contributed by atoms with Crippen molar-refractivity contribution in [1.82, 2.24) is 4.90 Å². The topological polar surface area (TPSA) is 87.8 Å². The number of morpholine rings is 1. The summed E-state index contributed by atoms with van der Waals surface area (Å²) in [7, 11) is 2.04. The Hall–Kier alpha value is -1.79. The van der Waals surface area contributed by atoms with Crippen molar-refractivity contribution in [2.75, 3.05) is 44.3 Å². The van der Waals surface area contributed by atoms with Crippen molar-refractivity contribution in [1.29, 1.82) is 0 Å². The lowest BCUT2D eigenvalue weighted by molar-refractivity contribution is -0.0117. The lowest BCUT2D eigenvalue weighted by Crippen LogP contribution is -2.43. The second kappa shape index (κ2) is 5.90. The number of carboxylic acids is 1. The first-order chi connectivity index (χ1) is 9.06. The monoisotopic (exact) mass is 265 g/mol. The summed E-state index contributed by atoms with van der Waals surface area (Å²) in [4.78, 5) is 13.3. The van der Waals surface area contributed by atoms with Crippen molar-refractivity contribution in [3.05, 3.63) is 23.8 Å². The summed E-state index contributed by atoms with van der Waals surface area (Å²) >= 11 is 0. The van der Waals surface area contributed by atoms with Crippen LogP contribution in [-0.2, 0) is 4.74 Å². The van der Waals surface area contributed by atoms with Crippen LogP contribution in [-0.4, -0.2) is 55.4 Å². The van der Waals surface area contributed by atoms with Crippen LogP contribution in [0.3, 0.4) is 0 Å². The average molecular weight is 265 g/mol. The predicted molar refractivity (Wildman–Crippen MR) is 73.5 cm³/mol. The van der Waals surface area contributed by atoms with Crippen molar-refractivity contribution >= 4 is 17.3 Å². The van der Waals surface area contributed by atoms with Crippen molar-refractivity contribution in [3.63, 3.8) is 0 Å². The highest BCUT2D eigenvalue weighted by molar-refractivity contribution is 5.95. The third-order valence-corrected chi connectivity index (χ3v) is 3.14.